The lowest BCUT2D eigenvalue weighted by atomic mass is 10.1. The van der Waals surface area contributed by atoms with Gasteiger partial charge < -0.3 is 19.5 Å². The molecule has 0 saturated heterocycles. The molecule has 0 unspecified atom stereocenters. The number of hydrogen-bond donors (Lipinski definition) is 1. The molecule has 0 aliphatic rings. The third-order valence-corrected chi connectivity index (χ3v) is 4.24. The highest BCUT2D eigenvalue weighted by Gasteiger charge is 2.07. The van der Waals surface area contributed by atoms with Crippen molar-refractivity contribution in [1.82, 2.24) is 5.32 Å². The van der Waals surface area contributed by atoms with Crippen LogP contribution in [0.3, 0.4) is 0 Å². The normalized spacial score (nSPS) is 10.3. The molecule has 0 spiro atoms. The van der Waals surface area contributed by atoms with E-state index in [1.165, 1.54) is 5.56 Å². The maximum absolute atomic E-state index is 12.0. The molecule has 0 atom stereocenters. The molecule has 2 rings (SSSR count). The van der Waals surface area contributed by atoms with Crippen molar-refractivity contribution in [2.24, 2.45) is 0 Å². The van der Waals surface area contributed by atoms with Gasteiger partial charge in [0.2, 0.25) is 5.91 Å². The minimum absolute atomic E-state index is 0.00618. The molecule has 0 fully saturated rings. The lowest BCUT2D eigenvalue weighted by molar-refractivity contribution is -0.121. The Labute approximate surface area is 161 Å². The summed E-state index contributed by atoms with van der Waals surface area (Å²) in [5.41, 5.74) is 2.35. The predicted octanol–water partition coefficient (Wildman–Crippen LogP) is 3.78. The Morgan fingerprint density at radius 1 is 0.926 bits per heavy atom. The first-order chi connectivity index (χ1) is 13.2. The summed E-state index contributed by atoms with van der Waals surface area (Å²) in [6.45, 7) is 3.11. The van der Waals surface area contributed by atoms with Crippen LogP contribution in [0.1, 0.15) is 30.9 Å². The largest absolute Gasteiger partial charge is 0.493 e. The molecule has 1 N–H and O–H groups in total. The van der Waals surface area contributed by atoms with E-state index in [1.54, 1.807) is 14.2 Å². The van der Waals surface area contributed by atoms with Gasteiger partial charge in [-0.15, -0.1) is 0 Å². The average Bonchev–Trinajstić information content (AvgIpc) is 2.70. The smallest absolute Gasteiger partial charge is 0.220 e. The second-order valence-electron chi connectivity index (χ2n) is 6.28. The van der Waals surface area contributed by atoms with Crippen LogP contribution in [-0.2, 0) is 17.6 Å². The number of methoxy groups -OCH3 is 2. The number of hydrogen-bond acceptors (Lipinski definition) is 4. The molecule has 27 heavy (non-hydrogen) atoms. The number of carbonyl (C=O) groups excluding carboxylic acids is 1. The van der Waals surface area contributed by atoms with Crippen molar-refractivity contribution < 1.29 is 19.0 Å². The van der Waals surface area contributed by atoms with Crippen molar-refractivity contribution in [3.63, 3.8) is 0 Å². The van der Waals surface area contributed by atoms with Crippen LogP contribution in [0.4, 0.5) is 0 Å². The van der Waals surface area contributed by atoms with E-state index < -0.39 is 0 Å². The molecule has 146 valence electrons. The van der Waals surface area contributed by atoms with E-state index in [9.17, 15) is 4.79 Å². The first-order valence-corrected chi connectivity index (χ1v) is 9.35. The average molecular weight is 371 g/mol. The summed E-state index contributed by atoms with van der Waals surface area (Å²) in [6, 6.07) is 13.8. The Hall–Kier alpha value is -2.69. The standard InChI is InChI=1S/C22H29NO4/c1-4-5-17-6-10-19(11-7-17)27-15-14-23-22(24)13-9-18-8-12-20(25-2)21(16-18)26-3/h6-8,10-12,16H,4-5,9,13-15H2,1-3H3,(H,23,24). The minimum atomic E-state index is 0.00618. The van der Waals surface area contributed by atoms with Gasteiger partial charge in [-0.1, -0.05) is 31.5 Å². The molecule has 0 radical (unpaired) electrons. The summed E-state index contributed by atoms with van der Waals surface area (Å²) in [6.07, 6.45) is 3.28. The fourth-order valence-electron chi connectivity index (χ4n) is 2.78. The van der Waals surface area contributed by atoms with E-state index in [0.717, 1.165) is 24.2 Å². The molecule has 0 aromatic heterocycles. The van der Waals surface area contributed by atoms with E-state index >= 15 is 0 Å². The number of aryl methyl sites for hydroxylation is 2. The number of ether oxygens (including phenoxy) is 3. The molecule has 2 aromatic carbocycles. The van der Waals surface area contributed by atoms with Crippen LogP contribution in [0.2, 0.25) is 0 Å². The van der Waals surface area contributed by atoms with Crippen LogP contribution in [-0.4, -0.2) is 33.3 Å². The van der Waals surface area contributed by atoms with Crippen LogP contribution in [0.25, 0.3) is 0 Å². The lowest BCUT2D eigenvalue weighted by Gasteiger charge is -2.10. The summed E-state index contributed by atoms with van der Waals surface area (Å²) in [5, 5.41) is 2.89. The van der Waals surface area contributed by atoms with E-state index in [0.29, 0.717) is 37.5 Å². The topological polar surface area (TPSA) is 56.8 Å². The number of amides is 1. The Bertz CT molecular complexity index is 713. The van der Waals surface area contributed by atoms with E-state index in [2.05, 4.69) is 24.4 Å². The highest BCUT2D eigenvalue weighted by Crippen LogP contribution is 2.27. The van der Waals surface area contributed by atoms with Gasteiger partial charge in [-0.05, 0) is 48.2 Å². The third-order valence-electron chi connectivity index (χ3n) is 4.24. The zero-order valence-electron chi connectivity index (χ0n) is 16.4. The van der Waals surface area contributed by atoms with E-state index in [4.69, 9.17) is 14.2 Å². The van der Waals surface area contributed by atoms with Crippen molar-refractivity contribution in [2.45, 2.75) is 32.6 Å². The van der Waals surface area contributed by atoms with Crippen LogP contribution in [0.15, 0.2) is 42.5 Å². The van der Waals surface area contributed by atoms with Gasteiger partial charge in [0.1, 0.15) is 12.4 Å². The van der Waals surface area contributed by atoms with Gasteiger partial charge in [0.25, 0.3) is 0 Å². The Balaban J connectivity index is 1.67. The second kappa shape index (κ2) is 11.1. The van der Waals surface area contributed by atoms with Crippen molar-refractivity contribution in [3.05, 3.63) is 53.6 Å². The van der Waals surface area contributed by atoms with Gasteiger partial charge in [0.15, 0.2) is 11.5 Å². The second-order valence-corrected chi connectivity index (χ2v) is 6.28. The minimum Gasteiger partial charge on any atom is -0.493 e. The summed E-state index contributed by atoms with van der Waals surface area (Å²) in [7, 11) is 3.21. The van der Waals surface area contributed by atoms with Gasteiger partial charge in [-0.3, -0.25) is 4.79 Å². The molecule has 5 nitrogen and oxygen atoms in total. The zero-order valence-corrected chi connectivity index (χ0v) is 16.4. The Morgan fingerprint density at radius 3 is 2.30 bits per heavy atom. The fraction of sp³-hybridized carbons (Fsp3) is 0.409. The number of benzene rings is 2. The van der Waals surface area contributed by atoms with Crippen LogP contribution in [0, 0.1) is 0 Å². The SMILES string of the molecule is CCCc1ccc(OCCNC(=O)CCc2ccc(OC)c(OC)c2)cc1. The molecule has 0 aliphatic heterocycles. The number of rotatable bonds is 11. The first-order valence-electron chi connectivity index (χ1n) is 9.35. The maximum atomic E-state index is 12.0. The van der Waals surface area contributed by atoms with Crippen LogP contribution in [0.5, 0.6) is 17.2 Å². The van der Waals surface area contributed by atoms with Gasteiger partial charge >= 0.3 is 0 Å². The number of nitrogens with one attached hydrogen (secondary N) is 1. The van der Waals surface area contributed by atoms with Crippen molar-refractivity contribution in [3.8, 4) is 17.2 Å². The van der Waals surface area contributed by atoms with Crippen molar-refractivity contribution >= 4 is 5.91 Å². The molecule has 2 aromatic rings. The van der Waals surface area contributed by atoms with E-state index in [1.807, 2.05) is 30.3 Å². The molecule has 0 heterocycles. The monoisotopic (exact) mass is 371 g/mol. The Kier molecular flexibility index (Phi) is 8.49. The highest BCUT2D eigenvalue weighted by atomic mass is 16.5. The molecule has 5 heteroatoms. The van der Waals surface area contributed by atoms with E-state index in [-0.39, 0.29) is 5.91 Å². The van der Waals surface area contributed by atoms with Crippen molar-refractivity contribution in [2.75, 3.05) is 27.4 Å². The summed E-state index contributed by atoms with van der Waals surface area (Å²) >= 11 is 0. The molecular weight excluding hydrogens is 342 g/mol. The van der Waals surface area contributed by atoms with Crippen LogP contribution < -0.4 is 19.5 Å². The van der Waals surface area contributed by atoms with Crippen molar-refractivity contribution in [1.29, 1.82) is 0 Å². The van der Waals surface area contributed by atoms with Gasteiger partial charge in [-0.25, -0.2) is 0 Å². The quantitative estimate of drug-likeness (QED) is 0.611. The lowest BCUT2D eigenvalue weighted by Crippen LogP contribution is -2.28. The maximum Gasteiger partial charge on any atom is 0.220 e. The zero-order chi connectivity index (χ0) is 19.5. The number of carbonyl (C=O) groups is 1. The van der Waals surface area contributed by atoms with Crippen LogP contribution >= 0.6 is 0 Å². The first kappa shape index (κ1) is 20.6. The van der Waals surface area contributed by atoms with Gasteiger partial charge in [-0.2, -0.15) is 0 Å². The van der Waals surface area contributed by atoms with Gasteiger partial charge in [0.05, 0.1) is 20.8 Å². The molecular formula is C22H29NO4. The fourth-order valence-corrected chi connectivity index (χ4v) is 2.78. The van der Waals surface area contributed by atoms with Gasteiger partial charge in [0, 0.05) is 6.42 Å². The predicted molar refractivity (Wildman–Crippen MR) is 107 cm³/mol. The Morgan fingerprint density at radius 2 is 1.63 bits per heavy atom. The summed E-state index contributed by atoms with van der Waals surface area (Å²) < 4.78 is 16.2. The molecule has 1 amide bonds. The summed E-state index contributed by atoms with van der Waals surface area (Å²) in [4.78, 5) is 12.0. The molecule has 0 saturated carbocycles. The highest BCUT2D eigenvalue weighted by molar-refractivity contribution is 5.76. The molecule has 0 aliphatic carbocycles. The summed E-state index contributed by atoms with van der Waals surface area (Å²) in [5.74, 6) is 2.19. The third kappa shape index (κ3) is 6.85. The molecule has 0 bridgehead atoms.